The minimum Gasteiger partial charge on any atom is -0.237 e. The maximum Gasteiger partial charge on any atom is 0.416 e. The number of unbranched alkanes of at least 4 members (excludes halogenated alkanes) is 2. The number of halogens is 3. The van der Waals surface area contributed by atoms with E-state index < -0.39 is 11.7 Å². The van der Waals surface area contributed by atoms with Crippen molar-refractivity contribution in [2.45, 2.75) is 31.9 Å². The molecule has 0 aliphatic carbocycles. The van der Waals surface area contributed by atoms with Crippen LogP contribution < -0.4 is 0 Å². The lowest BCUT2D eigenvalue weighted by atomic mass is 10.1. The van der Waals surface area contributed by atoms with Crippen molar-refractivity contribution in [3.8, 4) is 0 Å². The molecular formula is C12H14F3O. The van der Waals surface area contributed by atoms with Crippen LogP contribution in [-0.4, -0.2) is 6.61 Å². The second-order valence-corrected chi connectivity index (χ2v) is 3.71. The predicted molar refractivity (Wildman–Crippen MR) is 54.6 cm³/mol. The van der Waals surface area contributed by atoms with Gasteiger partial charge in [-0.05, 0) is 37.0 Å². The van der Waals surface area contributed by atoms with Gasteiger partial charge in [-0.3, -0.25) is 0 Å². The van der Waals surface area contributed by atoms with E-state index in [1.54, 1.807) is 0 Å². The van der Waals surface area contributed by atoms with Crippen LogP contribution in [0.3, 0.4) is 0 Å². The second kappa shape index (κ2) is 5.89. The van der Waals surface area contributed by atoms with E-state index in [0.717, 1.165) is 37.0 Å². The van der Waals surface area contributed by atoms with Gasteiger partial charge in [-0.25, -0.2) is 5.11 Å². The van der Waals surface area contributed by atoms with Crippen molar-refractivity contribution in [3.63, 3.8) is 0 Å². The summed E-state index contributed by atoms with van der Waals surface area (Å²) < 4.78 is 36.7. The van der Waals surface area contributed by atoms with E-state index in [2.05, 4.69) is 0 Å². The fraction of sp³-hybridized carbons (Fsp3) is 0.500. The highest BCUT2D eigenvalue weighted by molar-refractivity contribution is 5.24. The van der Waals surface area contributed by atoms with Crippen LogP contribution >= 0.6 is 0 Å². The van der Waals surface area contributed by atoms with E-state index in [9.17, 15) is 18.3 Å². The van der Waals surface area contributed by atoms with Gasteiger partial charge in [0.2, 0.25) is 0 Å². The van der Waals surface area contributed by atoms with Crippen LogP contribution in [0.4, 0.5) is 13.2 Å². The topological polar surface area (TPSA) is 19.9 Å². The quantitative estimate of drug-likeness (QED) is 0.686. The van der Waals surface area contributed by atoms with E-state index in [0.29, 0.717) is 6.42 Å². The van der Waals surface area contributed by atoms with Gasteiger partial charge in [-0.15, -0.1) is 0 Å². The average molecular weight is 231 g/mol. The summed E-state index contributed by atoms with van der Waals surface area (Å²) in [4.78, 5) is 0. The van der Waals surface area contributed by atoms with E-state index in [1.165, 1.54) is 12.1 Å². The lowest BCUT2D eigenvalue weighted by molar-refractivity contribution is -0.137. The predicted octanol–water partition coefficient (Wildman–Crippen LogP) is 3.85. The number of aryl methyl sites for hydroxylation is 1. The molecule has 0 saturated heterocycles. The molecule has 0 atom stereocenters. The van der Waals surface area contributed by atoms with Crippen LogP contribution in [0.1, 0.15) is 30.4 Å². The van der Waals surface area contributed by atoms with Crippen molar-refractivity contribution in [2.75, 3.05) is 6.61 Å². The van der Waals surface area contributed by atoms with Crippen molar-refractivity contribution >= 4 is 0 Å². The van der Waals surface area contributed by atoms with E-state index in [1.807, 2.05) is 0 Å². The van der Waals surface area contributed by atoms with Crippen LogP contribution in [0.25, 0.3) is 0 Å². The Morgan fingerprint density at radius 3 is 2.06 bits per heavy atom. The molecule has 0 saturated carbocycles. The summed E-state index contributed by atoms with van der Waals surface area (Å²) >= 11 is 0. The van der Waals surface area contributed by atoms with E-state index in [-0.39, 0.29) is 6.61 Å². The summed E-state index contributed by atoms with van der Waals surface area (Å²) in [6, 6.07) is 5.20. The van der Waals surface area contributed by atoms with Crippen molar-refractivity contribution in [2.24, 2.45) is 0 Å². The molecular weight excluding hydrogens is 217 g/mol. The van der Waals surface area contributed by atoms with Crippen molar-refractivity contribution in [1.82, 2.24) is 0 Å². The Labute approximate surface area is 92.9 Å². The van der Waals surface area contributed by atoms with Crippen molar-refractivity contribution < 1.29 is 18.3 Å². The van der Waals surface area contributed by atoms with Crippen molar-refractivity contribution in [3.05, 3.63) is 35.4 Å². The Morgan fingerprint density at radius 2 is 1.56 bits per heavy atom. The third-order valence-corrected chi connectivity index (χ3v) is 2.39. The van der Waals surface area contributed by atoms with Crippen LogP contribution in [0, 0.1) is 0 Å². The highest BCUT2D eigenvalue weighted by Gasteiger charge is 2.29. The zero-order valence-electron chi connectivity index (χ0n) is 8.89. The minimum atomic E-state index is -4.26. The number of benzene rings is 1. The monoisotopic (exact) mass is 231 g/mol. The highest BCUT2D eigenvalue weighted by atomic mass is 19.4. The van der Waals surface area contributed by atoms with Gasteiger partial charge in [0.15, 0.2) is 0 Å². The van der Waals surface area contributed by atoms with Crippen LogP contribution in [-0.2, 0) is 17.7 Å². The summed E-state index contributed by atoms with van der Waals surface area (Å²) in [7, 11) is 0. The first-order valence-corrected chi connectivity index (χ1v) is 5.28. The number of alkyl halides is 3. The highest BCUT2D eigenvalue weighted by Crippen LogP contribution is 2.29. The summed E-state index contributed by atoms with van der Waals surface area (Å²) in [5.41, 5.74) is 0.273. The van der Waals surface area contributed by atoms with E-state index in [4.69, 9.17) is 0 Å². The van der Waals surface area contributed by atoms with Crippen molar-refractivity contribution in [1.29, 1.82) is 0 Å². The van der Waals surface area contributed by atoms with Crippen LogP contribution in [0.5, 0.6) is 0 Å². The molecule has 4 heteroatoms. The molecule has 0 aromatic heterocycles. The summed E-state index contributed by atoms with van der Waals surface area (Å²) in [5.74, 6) is 0. The molecule has 0 amide bonds. The van der Waals surface area contributed by atoms with Gasteiger partial charge in [0.1, 0.15) is 0 Å². The third kappa shape index (κ3) is 4.23. The fourth-order valence-corrected chi connectivity index (χ4v) is 1.47. The molecule has 0 N–H and O–H groups in total. The zero-order chi connectivity index (χ0) is 12.0. The molecule has 0 aliphatic heterocycles. The van der Waals surface area contributed by atoms with Gasteiger partial charge >= 0.3 is 6.18 Å². The Hall–Kier alpha value is -1.03. The standard InChI is InChI=1S/C12H14F3O/c13-12(14,15)11-7-5-10(6-8-11)4-2-1-3-9-16/h5-8H,1-4,9H2. The SMILES string of the molecule is [O]CCCCCc1ccc(C(F)(F)F)cc1. The van der Waals surface area contributed by atoms with Crippen LogP contribution in [0.2, 0.25) is 0 Å². The molecule has 1 nitrogen and oxygen atoms in total. The Morgan fingerprint density at radius 1 is 0.938 bits per heavy atom. The molecule has 89 valence electrons. The molecule has 1 radical (unpaired) electrons. The number of rotatable bonds is 5. The Bertz CT molecular complexity index is 303. The van der Waals surface area contributed by atoms with Gasteiger partial charge in [0.05, 0.1) is 12.2 Å². The summed E-state index contributed by atoms with van der Waals surface area (Å²) in [6.45, 7) is -0.0764. The van der Waals surface area contributed by atoms with Gasteiger partial charge in [0.25, 0.3) is 0 Å². The van der Waals surface area contributed by atoms with Gasteiger partial charge < -0.3 is 0 Å². The van der Waals surface area contributed by atoms with Crippen LogP contribution in [0.15, 0.2) is 24.3 Å². The molecule has 1 aromatic rings. The van der Waals surface area contributed by atoms with E-state index >= 15 is 0 Å². The first kappa shape index (κ1) is 13.0. The third-order valence-electron chi connectivity index (χ3n) is 2.39. The maximum absolute atomic E-state index is 12.2. The maximum atomic E-state index is 12.2. The summed E-state index contributed by atoms with van der Waals surface area (Å²) in [5, 5.41) is 10.2. The molecule has 1 aromatic carbocycles. The van der Waals surface area contributed by atoms with Gasteiger partial charge in [-0.1, -0.05) is 18.6 Å². The lowest BCUT2D eigenvalue weighted by Gasteiger charge is -2.07. The zero-order valence-corrected chi connectivity index (χ0v) is 8.89. The molecule has 1 rings (SSSR count). The molecule has 16 heavy (non-hydrogen) atoms. The largest absolute Gasteiger partial charge is 0.416 e. The second-order valence-electron chi connectivity index (χ2n) is 3.71. The lowest BCUT2D eigenvalue weighted by Crippen LogP contribution is -2.04. The average Bonchev–Trinajstić information content (AvgIpc) is 2.24. The molecule has 0 bridgehead atoms. The molecule has 0 fully saturated rings. The smallest absolute Gasteiger partial charge is 0.237 e. The molecule has 0 heterocycles. The first-order chi connectivity index (χ1) is 7.54. The molecule has 0 spiro atoms. The Balaban J connectivity index is 2.46. The molecule has 0 unspecified atom stereocenters. The van der Waals surface area contributed by atoms with Gasteiger partial charge in [-0.2, -0.15) is 13.2 Å². The normalized spacial score (nSPS) is 11.8. The summed E-state index contributed by atoms with van der Waals surface area (Å²) in [6.07, 6.45) is -1.20. The minimum absolute atomic E-state index is 0.0764. The molecule has 0 aliphatic rings. The first-order valence-electron chi connectivity index (χ1n) is 5.28. The number of hydrogen-bond acceptors (Lipinski definition) is 0. The fourth-order valence-electron chi connectivity index (χ4n) is 1.47. The number of hydrogen-bond donors (Lipinski definition) is 0. The van der Waals surface area contributed by atoms with Gasteiger partial charge in [0, 0.05) is 0 Å². The Kier molecular flexibility index (Phi) is 4.80.